The minimum atomic E-state index is -1.67. The maximum atomic E-state index is 10.2. The quantitative estimate of drug-likeness (QED) is 0.673. The van der Waals surface area contributed by atoms with E-state index in [-0.39, 0.29) is 11.6 Å². The van der Waals surface area contributed by atoms with E-state index in [1.807, 2.05) is 48.5 Å². The van der Waals surface area contributed by atoms with Crippen LogP contribution in [0, 0.1) is 56.7 Å². The Balaban J connectivity index is 1.80. The number of nitrogens with zero attached hydrogens (tertiary/aromatic N) is 4. The van der Waals surface area contributed by atoms with Gasteiger partial charge >= 0.3 is 0 Å². The van der Waals surface area contributed by atoms with Crippen molar-refractivity contribution in [3.05, 3.63) is 82.9 Å². The first kappa shape index (κ1) is 22.5. The third-order valence-corrected chi connectivity index (χ3v) is 7.08. The standard InChI is InChI=1S/C28H27N5/c1-19(2)21-8-10-22(11-9-21)26-25-16-33(15-20-6-4-3-5-7-20)13-12-23(25)24(14-29)27(32)28(26,17-30)18-31/h3-12,19,24-26,32H,13,15-16H2,1-2H3/t24-,25+,26+/m1/s1. The van der Waals surface area contributed by atoms with E-state index in [1.165, 1.54) is 11.1 Å². The second-order valence-corrected chi connectivity index (χ2v) is 9.30. The van der Waals surface area contributed by atoms with Crippen molar-refractivity contribution in [1.29, 1.82) is 21.2 Å². The van der Waals surface area contributed by atoms with Crippen LogP contribution in [0.2, 0.25) is 0 Å². The Labute approximate surface area is 195 Å². The van der Waals surface area contributed by atoms with Crippen molar-refractivity contribution in [2.45, 2.75) is 32.2 Å². The average molecular weight is 434 g/mol. The van der Waals surface area contributed by atoms with E-state index in [1.54, 1.807) is 0 Å². The summed E-state index contributed by atoms with van der Waals surface area (Å²) in [5.41, 5.74) is 2.37. The fourth-order valence-corrected chi connectivity index (χ4v) is 5.30. The SMILES string of the molecule is CC(C)c1ccc([C@H]2[C@H]3CN(Cc4ccccc4)CC=C3[C@@H](C#N)C(=N)C2(C#N)C#N)cc1. The second kappa shape index (κ2) is 9.03. The summed E-state index contributed by atoms with van der Waals surface area (Å²) in [5, 5.41) is 39.2. The van der Waals surface area contributed by atoms with E-state index in [0.717, 1.165) is 17.7 Å². The summed E-state index contributed by atoms with van der Waals surface area (Å²) in [7, 11) is 0. The lowest BCUT2D eigenvalue weighted by Crippen LogP contribution is -2.52. The monoisotopic (exact) mass is 433 g/mol. The Morgan fingerprint density at radius 3 is 2.27 bits per heavy atom. The van der Waals surface area contributed by atoms with Crippen LogP contribution in [0.1, 0.15) is 42.4 Å². The zero-order valence-corrected chi connectivity index (χ0v) is 19.0. The fraction of sp³-hybridized carbons (Fsp3) is 0.357. The van der Waals surface area contributed by atoms with Crippen molar-refractivity contribution in [2.24, 2.45) is 17.3 Å². The molecule has 1 heterocycles. The zero-order valence-electron chi connectivity index (χ0n) is 19.0. The van der Waals surface area contributed by atoms with Gasteiger partial charge in [-0.1, -0.05) is 74.5 Å². The molecule has 0 unspecified atom stereocenters. The summed E-state index contributed by atoms with van der Waals surface area (Å²) >= 11 is 0. The first-order valence-electron chi connectivity index (χ1n) is 11.3. The van der Waals surface area contributed by atoms with Crippen LogP contribution in [0.15, 0.2) is 66.2 Å². The molecule has 0 radical (unpaired) electrons. The first-order valence-corrected chi connectivity index (χ1v) is 11.3. The highest BCUT2D eigenvalue weighted by Gasteiger charge is 2.57. The first-order chi connectivity index (χ1) is 15.9. The van der Waals surface area contributed by atoms with Gasteiger partial charge in [-0.25, -0.2) is 0 Å². The van der Waals surface area contributed by atoms with Gasteiger partial charge in [0.05, 0.1) is 23.9 Å². The summed E-state index contributed by atoms with van der Waals surface area (Å²) in [6.45, 7) is 6.31. The van der Waals surface area contributed by atoms with Gasteiger partial charge in [-0.3, -0.25) is 4.90 Å². The molecule has 2 aliphatic rings. The Kier molecular flexibility index (Phi) is 6.15. The highest BCUT2D eigenvalue weighted by molar-refractivity contribution is 6.00. The van der Waals surface area contributed by atoms with Gasteiger partial charge in [-0.15, -0.1) is 0 Å². The molecule has 3 atom stereocenters. The van der Waals surface area contributed by atoms with Crippen LogP contribution in [-0.2, 0) is 6.54 Å². The Hall–Kier alpha value is -3.72. The largest absolute Gasteiger partial charge is 0.305 e. The van der Waals surface area contributed by atoms with Crippen molar-refractivity contribution in [3.63, 3.8) is 0 Å². The summed E-state index contributed by atoms with van der Waals surface area (Å²) in [6, 6.07) is 24.9. The van der Waals surface area contributed by atoms with E-state index < -0.39 is 17.3 Å². The molecule has 0 saturated heterocycles. The Morgan fingerprint density at radius 1 is 1.03 bits per heavy atom. The van der Waals surface area contributed by atoms with Gasteiger partial charge in [0.15, 0.2) is 5.41 Å². The van der Waals surface area contributed by atoms with Gasteiger partial charge in [-0.05, 0) is 28.2 Å². The molecule has 2 aromatic rings. The number of hydrogen-bond donors (Lipinski definition) is 1. The van der Waals surface area contributed by atoms with E-state index >= 15 is 0 Å². The van der Waals surface area contributed by atoms with Crippen LogP contribution >= 0.6 is 0 Å². The van der Waals surface area contributed by atoms with E-state index in [2.05, 4.69) is 49.1 Å². The molecule has 0 bridgehead atoms. The molecule has 1 aliphatic heterocycles. The Bertz CT molecular complexity index is 1170. The molecule has 164 valence electrons. The van der Waals surface area contributed by atoms with Crippen molar-refractivity contribution in [3.8, 4) is 18.2 Å². The van der Waals surface area contributed by atoms with Gasteiger partial charge in [-0.2, -0.15) is 15.8 Å². The van der Waals surface area contributed by atoms with Crippen LogP contribution in [0.25, 0.3) is 0 Å². The van der Waals surface area contributed by atoms with E-state index in [9.17, 15) is 15.8 Å². The highest BCUT2D eigenvalue weighted by atomic mass is 15.1. The summed E-state index contributed by atoms with van der Waals surface area (Å²) in [5.74, 6) is -1.16. The topological polar surface area (TPSA) is 98.5 Å². The summed E-state index contributed by atoms with van der Waals surface area (Å²) in [6.07, 6.45) is 2.05. The lowest BCUT2D eigenvalue weighted by molar-refractivity contribution is 0.198. The molecule has 1 fully saturated rings. The van der Waals surface area contributed by atoms with Gasteiger partial charge in [0.1, 0.15) is 5.92 Å². The number of nitriles is 3. The van der Waals surface area contributed by atoms with Crippen molar-refractivity contribution >= 4 is 5.71 Å². The molecular formula is C28H27N5. The highest BCUT2D eigenvalue weighted by Crippen LogP contribution is 2.53. The van der Waals surface area contributed by atoms with Crippen LogP contribution in [0.5, 0.6) is 0 Å². The average Bonchev–Trinajstić information content (AvgIpc) is 2.84. The molecule has 33 heavy (non-hydrogen) atoms. The van der Waals surface area contributed by atoms with Gasteiger partial charge < -0.3 is 5.41 Å². The van der Waals surface area contributed by atoms with Gasteiger partial charge in [0.25, 0.3) is 0 Å². The molecule has 2 aromatic carbocycles. The molecule has 0 spiro atoms. The number of benzene rings is 2. The van der Waals surface area contributed by atoms with Gasteiger partial charge in [0.2, 0.25) is 0 Å². The number of hydrogen-bond acceptors (Lipinski definition) is 5. The van der Waals surface area contributed by atoms with Crippen LogP contribution in [0.4, 0.5) is 0 Å². The third kappa shape index (κ3) is 3.84. The smallest absolute Gasteiger partial charge is 0.189 e. The Morgan fingerprint density at radius 2 is 1.70 bits per heavy atom. The number of rotatable bonds is 4. The molecule has 0 amide bonds. The van der Waals surface area contributed by atoms with Crippen molar-refractivity contribution < 1.29 is 0 Å². The predicted molar refractivity (Wildman–Crippen MR) is 127 cm³/mol. The number of nitrogens with one attached hydrogen (secondary N) is 1. The van der Waals surface area contributed by atoms with Crippen molar-refractivity contribution in [1.82, 2.24) is 4.90 Å². The minimum absolute atomic E-state index is 0.0908. The van der Waals surface area contributed by atoms with Crippen molar-refractivity contribution in [2.75, 3.05) is 13.1 Å². The minimum Gasteiger partial charge on any atom is -0.305 e. The molecule has 1 N–H and O–H groups in total. The molecular weight excluding hydrogens is 406 g/mol. The summed E-state index contributed by atoms with van der Waals surface area (Å²) < 4.78 is 0. The predicted octanol–water partition coefficient (Wildman–Crippen LogP) is 5.16. The molecule has 4 rings (SSSR count). The van der Waals surface area contributed by atoms with Crippen LogP contribution < -0.4 is 0 Å². The molecule has 1 saturated carbocycles. The number of fused-ring (bicyclic) bond motifs is 1. The summed E-state index contributed by atoms with van der Waals surface area (Å²) in [4.78, 5) is 2.29. The molecule has 5 heteroatoms. The lowest BCUT2D eigenvalue weighted by atomic mass is 9.54. The lowest BCUT2D eigenvalue weighted by Gasteiger charge is -2.47. The molecule has 5 nitrogen and oxygen atoms in total. The molecule has 0 aromatic heterocycles. The third-order valence-electron chi connectivity index (χ3n) is 7.08. The second-order valence-electron chi connectivity index (χ2n) is 9.30. The van der Waals surface area contributed by atoms with E-state index in [4.69, 9.17) is 5.41 Å². The normalized spacial score (nSPS) is 24.2. The van der Waals surface area contributed by atoms with Crippen LogP contribution in [0.3, 0.4) is 0 Å². The molecule has 1 aliphatic carbocycles. The van der Waals surface area contributed by atoms with Crippen LogP contribution in [-0.4, -0.2) is 23.7 Å². The fourth-order valence-electron chi connectivity index (χ4n) is 5.30. The van der Waals surface area contributed by atoms with Gasteiger partial charge in [0, 0.05) is 31.5 Å². The van der Waals surface area contributed by atoms with E-state index in [0.29, 0.717) is 19.0 Å². The maximum absolute atomic E-state index is 10.2. The maximum Gasteiger partial charge on any atom is 0.189 e. The zero-order chi connectivity index (χ0) is 23.6.